The summed E-state index contributed by atoms with van der Waals surface area (Å²) in [5.74, 6) is 1.75. The fraction of sp³-hybridized carbons (Fsp3) is 0.500. The van der Waals surface area contributed by atoms with Crippen LogP contribution in [0.15, 0.2) is 30.5 Å². The molecule has 0 radical (unpaired) electrons. The Bertz CT molecular complexity index is 1160. The number of ether oxygens (including phenoxy) is 2. The highest BCUT2D eigenvalue weighted by Crippen LogP contribution is 2.29. The van der Waals surface area contributed by atoms with Gasteiger partial charge in [-0.25, -0.2) is 9.67 Å². The van der Waals surface area contributed by atoms with E-state index in [4.69, 9.17) is 14.5 Å². The molecule has 1 saturated heterocycles. The van der Waals surface area contributed by atoms with E-state index in [2.05, 4.69) is 43.8 Å². The Morgan fingerprint density at radius 2 is 1.71 bits per heavy atom. The molecule has 0 N–H and O–H groups in total. The Labute approximate surface area is 201 Å². The first-order valence-electron chi connectivity index (χ1n) is 11.9. The van der Waals surface area contributed by atoms with Gasteiger partial charge in [-0.15, -0.1) is 0 Å². The molecule has 1 amide bonds. The van der Waals surface area contributed by atoms with Gasteiger partial charge in [-0.1, -0.05) is 19.9 Å². The average molecular weight is 466 g/mol. The second kappa shape index (κ2) is 10.0. The van der Waals surface area contributed by atoms with Gasteiger partial charge >= 0.3 is 0 Å². The zero-order valence-electron chi connectivity index (χ0n) is 21.0. The van der Waals surface area contributed by atoms with Crippen molar-refractivity contribution in [2.75, 3.05) is 40.4 Å². The summed E-state index contributed by atoms with van der Waals surface area (Å²) in [6.45, 7) is 12.2. The molecule has 8 nitrogen and oxygen atoms in total. The van der Waals surface area contributed by atoms with E-state index in [1.807, 2.05) is 27.8 Å². The Balaban J connectivity index is 1.49. The summed E-state index contributed by atoms with van der Waals surface area (Å²) >= 11 is 0. The average Bonchev–Trinajstić information content (AvgIpc) is 3.28. The molecule has 4 rings (SSSR count). The molecule has 34 heavy (non-hydrogen) atoms. The largest absolute Gasteiger partial charge is 0.493 e. The van der Waals surface area contributed by atoms with Crippen LogP contribution in [0.3, 0.4) is 0 Å². The van der Waals surface area contributed by atoms with Gasteiger partial charge < -0.3 is 14.4 Å². The van der Waals surface area contributed by atoms with E-state index < -0.39 is 0 Å². The number of carbonyl (C=O) groups is 1. The predicted octanol–water partition coefficient (Wildman–Crippen LogP) is 4.11. The molecule has 1 aliphatic heterocycles. The minimum Gasteiger partial charge on any atom is -0.493 e. The molecule has 0 spiro atoms. The Kier molecular flexibility index (Phi) is 7.07. The number of nitrogens with zero attached hydrogens (tertiary/aromatic N) is 5. The van der Waals surface area contributed by atoms with Crippen LogP contribution in [-0.4, -0.2) is 70.9 Å². The first kappa shape index (κ1) is 24.0. The molecular weight excluding hydrogens is 430 g/mol. The van der Waals surface area contributed by atoms with Crippen LogP contribution in [0.2, 0.25) is 0 Å². The highest BCUT2D eigenvalue weighted by molar-refractivity contribution is 6.05. The summed E-state index contributed by atoms with van der Waals surface area (Å²) in [7, 11) is 3.29. The minimum absolute atomic E-state index is 0.0587. The lowest BCUT2D eigenvalue weighted by Gasteiger charge is -2.35. The summed E-state index contributed by atoms with van der Waals surface area (Å²) in [6, 6.07) is 8.15. The topological polar surface area (TPSA) is 72.7 Å². The molecule has 3 heterocycles. The van der Waals surface area contributed by atoms with Gasteiger partial charge in [-0.3, -0.25) is 9.69 Å². The second-order valence-electron chi connectivity index (χ2n) is 9.43. The summed E-state index contributed by atoms with van der Waals surface area (Å²) in [6.07, 6.45) is 1.78. The van der Waals surface area contributed by atoms with Crippen molar-refractivity contribution in [2.24, 2.45) is 0 Å². The molecule has 3 aromatic rings. The Morgan fingerprint density at radius 1 is 1.00 bits per heavy atom. The molecule has 182 valence electrons. The standard InChI is InChI=1S/C26H35N5O3/c1-17(2)22-14-20(21-15-27-31(18(3)4)25(21)28-22)26(32)30-11-9-29(10-12-30)16-19-7-8-23(33-5)24(13-19)34-6/h7-8,13-15,17-18H,9-12,16H2,1-6H3. The number of hydrogen-bond acceptors (Lipinski definition) is 6. The number of pyridine rings is 1. The van der Waals surface area contributed by atoms with E-state index in [1.165, 1.54) is 0 Å². The van der Waals surface area contributed by atoms with E-state index >= 15 is 0 Å². The van der Waals surface area contributed by atoms with Gasteiger partial charge in [0, 0.05) is 44.5 Å². The van der Waals surface area contributed by atoms with E-state index in [0.29, 0.717) is 18.7 Å². The van der Waals surface area contributed by atoms with Crippen LogP contribution in [0.1, 0.15) is 61.3 Å². The molecule has 0 unspecified atom stereocenters. The zero-order valence-corrected chi connectivity index (χ0v) is 21.0. The quantitative estimate of drug-likeness (QED) is 0.523. The number of aromatic nitrogens is 3. The fourth-order valence-electron chi connectivity index (χ4n) is 4.40. The lowest BCUT2D eigenvalue weighted by molar-refractivity contribution is 0.0630. The third-order valence-corrected chi connectivity index (χ3v) is 6.41. The van der Waals surface area contributed by atoms with Crippen LogP contribution < -0.4 is 9.47 Å². The maximum Gasteiger partial charge on any atom is 0.254 e. The molecule has 1 aromatic carbocycles. The van der Waals surface area contributed by atoms with Gasteiger partial charge in [-0.2, -0.15) is 5.10 Å². The van der Waals surface area contributed by atoms with Gasteiger partial charge in [0.2, 0.25) is 0 Å². The third kappa shape index (κ3) is 4.73. The fourth-order valence-corrected chi connectivity index (χ4v) is 4.40. The van der Waals surface area contributed by atoms with Crippen molar-refractivity contribution in [1.82, 2.24) is 24.6 Å². The normalized spacial score (nSPS) is 14.9. The first-order valence-corrected chi connectivity index (χ1v) is 11.9. The summed E-state index contributed by atoms with van der Waals surface area (Å²) < 4.78 is 12.7. The highest BCUT2D eigenvalue weighted by Gasteiger charge is 2.26. The van der Waals surface area contributed by atoms with Crippen LogP contribution >= 0.6 is 0 Å². The van der Waals surface area contributed by atoms with E-state index in [-0.39, 0.29) is 17.9 Å². The summed E-state index contributed by atoms with van der Waals surface area (Å²) in [5.41, 5.74) is 3.58. The van der Waals surface area contributed by atoms with Crippen molar-refractivity contribution >= 4 is 16.9 Å². The molecule has 2 aromatic heterocycles. The second-order valence-corrected chi connectivity index (χ2v) is 9.43. The smallest absolute Gasteiger partial charge is 0.254 e. The van der Waals surface area contributed by atoms with Crippen LogP contribution in [0.25, 0.3) is 11.0 Å². The van der Waals surface area contributed by atoms with Crippen LogP contribution in [0, 0.1) is 0 Å². The van der Waals surface area contributed by atoms with Crippen LogP contribution in [0.4, 0.5) is 0 Å². The van der Waals surface area contributed by atoms with E-state index in [1.54, 1.807) is 20.4 Å². The molecule has 0 atom stereocenters. The predicted molar refractivity (Wildman–Crippen MR) is 133 cm³/mol. The van der Waals surface area contributed by atoms with Crippen LogP contribution in [-0.2, 0) is 6.54 Å². The lowest BCUT2D eigenvalue weighted by atomic mass is 10.0. The number of rotatable bonds is 7. The number of piperazine rings is 1. The summed E-state index contributed by atoms with van der Waals surface area (Å²) in [5, 5.41) is 5.35. The Hall–Kier alpha value is -3.13. The highest BCUT2D eigenvalue weighted by atomic mass is 16.5. The van der Waals surface area contributed by atoms with Gasteiger partial charge in [0.1, 0.15) is 0 Å². The van der Waals surface area contributed by atoms with Gasteiger partial charge in [-0.05, 0) is 43.5 Å². The van der Waals surface area contributed by atoms with E-state index in [0.717, 1.165) is 53.4 Å². The van der Waals surface area contributed by atoms with E-state index in [9.17, 15) is 4.79 Å². The monoisotopic (exact) mass is 465 g/mol. The Morgan fingerprint density at radius 3 is 2.32 bits per heavy atom. The molecular formula is C26H35N5O3. The maximum atomic E-state index is 13.6. The molecule has 0 aliphatic carbocycles. The molecule has 0 saturated carbocycles. The third-order valence-electron chi connectivity index (χ3n) is 6.41. The van der Waals surface area contributed by atoms with Crippen molar-refractivity contribution in [2.45, 2.75) is 46.2 Å². The van der Waals surface area contributed by atoms with Gasteiger partial charge in [0.25, 0.3) is 5.91 Å². The van der Waals surface area contributed by atoms with Gasteiger partial charge in [0.05, 0.1) is 31.4 Å². The number of amides is 1. The van der Waals surface area contributed by atoms with Crippen molar-refractivity contribution < 1.29 is 14.3 Å². The zero-order chi connectivity index (χ0) is 24.4. The van der Waals surface area contributed by atoms with Crippen LogP contribution in [0.5, 0.6) is 11.5 Å². The number of methoxy groups -OCH3 is 2. The van der Waals surface area contributed by atoms with Crippen molar-refractivity contribution in [1.29, 1.82) is 0 Å². The first-order chi connectivity index (χ1) is 16.3. The number of fused-ring (bicyclic) bond motifs is 1. The molecule has 1 fully saturated rings. The minimum atomic E-state index is 0.0587. The van der Waals surface area contributed by atoms with Gasteiger partial charge in [0.15, 0.2) is 17.1 Å². The number of carbonyl (C=O) groups excluding carboxylic acids is 1. The summed E-state index contributed by atoms with van der Waals surface area (Å²) in [4.78, 5) is 22.8. The SMILES string of the molecule is COc1ccc(CN2CCN(C(=O)c3cc(C(C)C)nc4c3cnn4C(C)C)CC2)cc1OC. The van der Waals surface area contributed by atoms with Crippen molar-refractivity contribution in [3.05, 3.63) is 47.3 Å². The molecule has 8 heteroatoms. The number of hydrogen-bond donors (Lipinski definition) is 0. The molecule has 0 bridgehead atoms. The molecule has 1 aliphatic rings. The maximum absolute atomic E-state index is 13.6. The lowest BCUT2D eigenvalue weighted by Crippen LogP contribution is -2.48. The van der Waals surface area contributed by atoms with Crippen molar-refractivity contribution in [3.63, 3.8) is 0 Å². The number of benzene rings is 1. The van der Waals surface area contributed by atoms with Crippen molar-refractivity contribution in [3.8, 4) is 11.5 Å².